The summed E-state index contributed by atoms with van der Waals surface area (Å²) in [5, 5.41) is 1.66. The molecule has 0 aliphatic rings. The third-order valence-corrected chi connectivity index (χ3v) is 6.04. The van der Waals surface area contributed by atoms with E-state index in [1.54, 1.807) is 23.9 Å². The second-order valence-electron chi connectivity index (χ2n) is 6.62. The highest BCUT2D eigenvalue weighted by molar-refractivity contribution is 7.98. The summed E-state index contributed by atoms with van der Waals surface area (Å²) >= 11 is 7.80. The molecular weight excluding hydrogens is 377 g/mol. The Morgan fingerprint density at radius 1 is 1.00 bits per heavy atom. The number of halogens is 2. The zero-order valence-electron chi connectivity index (χ0n) is 15.0. The number of nitrogens with zero attached hydrogens (tertiary/aromatic N) is 1. The molecule has 0 bridgehead atoms. The minimum Gasteiger partial charge on any atom is -0.342 e. The molecule has 0 amide bonds. The van der Waals surface area contributed by atoms with E-state index < -0.39 is 0 Å². The van der Waals surface area contributed by atoms with Gasteiger partial charge in [-0.3, -0.25) is 0 Å². The van der Waals surface area contributed by atoms with E-state index in [1.807, 2.05) is 6.07 Å². The number of benzene rings is 3. The molecule has 1 aromatic heterocycles. The number of fused-ring (bicyclic) bond motifs is 1. The van der Waals surface area contributed by atoms with Gasteiger partial charge in [0.2, 0.25) is 0 Å². The molecule has 0 N–H and O–H groups in total. The molecule has 3 aromatic carbocycles. The minimum atomic E-state index is -0.251. The maximum Gasteiger partial charge on any atom is 0.128 e. The van der Waals surface area contributed by atoms with Gasteiger partial charge >= 0.3 is 0 Å². The summed E-state index contributed by atoms with van der Waals surface area (Å²) < 4.78 is 16.4. The zero-order chi connectivity index (χ0) is 18.8. The van der Waals surface area contributed by atoms with Crippen LogP contribution in [0.15, 0.2) is 77.8 Å². The molecule has 4 heteroatoms. The first-order valence-corrected chi connectivity index (χ1v) is 10.2. The highest BCUT2D eigenvalue weighted by atomic mass is 35.5. The van der Waals surface area contributed by atoms with Gasteiger partial charge in [-0.25, -0.2) is 4.39 Å². The van der Waals surface area contributed by atoms with E-state index in [4.69, 9.17) is 11.6 Å². The van der Waals surface area contributed by atoms with Crippen LogP contribution < -0.4 is 0 Å². The SMILES string of the molecule is Cc1cccc(Cn2cc(SCc3c(F)cccc3Cl)c3ccccc32)c1. The Hall–Kier alpha value is -2.23. The van der Waals surface area contributed by atoms with Gasteiger partial charge in [0, 0.05) is 44.9 Å². The molecule has 1 nitrogen and oxygen atoms in total. The molecule has 0 fully saturated rings. The first-order valence-electron chi connectivity index (χ1n) is 8.81. The molecule has 0 unspecified atom stereocenters. The van der Waals surface area contributed by atoms with Crippen LogP contribution in [0.5, 0.6) is 0 Å². The van der Waals surface area contributed by atoms with Crippen molar-refractivity contribution in [3.8, 4) is 0 Å². The molecule has 4 aromatic rings. The van der Waals surface area contributed by atoms with Crippen LogP contribution in [0.2, 0.25) is 5.02 Å². The maximum atomic E-state index is 14.1. The van der Waals surface area contributed by atoms with Crippen molar-refractivity contribution in [3.05, 3.63) is 100 Å². The van der Waals surface area contributed by atoms with E-state index in [0.29, 0.717) is 16.3 Å². The van der Waals surface area contributed by atoms with Gasteiger partial charge in [0.15, 0.2) is 0 Å². The van der Waals surface area contributed by atoms with Crippen LogP contribution in [-0.2, 0) is 12.3 Å². The summed E-state index contributed by atoms with van der Waals surface area (Å²) in [6.45, 7) is 2.92. The maximum absolute atomic E-state index is 14.1. The van der Waals surface area contributed by atoms with Gasteiger partial charge in [0.05, 0.1) is 0 Å². The number of thioether (sulfide) groups is 1. The molecule has 136 valence electrons. The molecule has 1 heterocycles. The van der Waals surface area contributed by atoms with Crippen molar-refractivity contribution in [2.45, 2.75) is 24.1 Å². The third kappa shape index (κ3) is 3.90. The molecule has 0 aliphatic carbocycles. The molecule has 0 aliphatic heterocycles. The largest absolute Gasteiger partial charge is 0.342 e. The number of rotatable bonds is 5. The van der Waals surface area contributed by atoms with Crippen LogP contribution in [0.1, 0.15) is 16.7 Å². The lowest BCUT2D eigenvalue weighted by atomic mass is 10.1. The second kappa shape index (κ2) is 7.79. The van der Waals surface area contributed by atoms with Gasteiger partial charge in [-0.1, -0.05) is 65.7 Å². The lowest BCUT2D eigenvalue weighted by molar-refractivity contribution is 0.617. The first-order chi connectivity index (χ1) is 13.1. The number of hydrogen-bond donors (Lipinski definition) is 0. The molecule has 0 saturated heterocycles. The summed E-state index contributed by atoms with van der Waals surface area (Å²) in [6.07, 6.45) is 2.16. The van der Waals surface area contributed by atoms with Crippen LogP contribution in [0.25, 0.3) is 10.9 Å². The van der Waals surface area contributed by atoms with Gasteiger partial charge < -0.3 is 4.57 Å². The van der Waals surface area contributed by atoms with Crippen LogP contribution in [0, 0.1) is 12.7 Å². The normalized spacial score (nSPS) is 11.2. The Balaban J connectivity index is 1.65. The van der Waals surface area contributed by atoms with Gasteiger partial charge in [0.25, 0.3) is 0 Å². The van der Waals surface area contributed by atoms with E-state index in [2.05, 4.69) is 60.2 Å². The quantitative estimate of drug-likeness (QED) is 0.327. The predicted molar refractivity (Wildman–Crippen MR) is 113 cm³/mol. The summed E-state index contributed by atoms with van der Waals surface area (Å²) in [6, 6.07) is 21.7. The highest BCUT2D eigenvalue weighted by Gasteiger charge is 2.12. The Labute approximate surface area is 167 Å². The van der Waals surface area contributed by atoms with Crippen LogP contribution >= 0.6 is 23.4 Å². The monoisotopic (exact) mass is 395 g/mol. The zero-order valence-corrected chi connectivity index (χ0v) is 16.5. The molecule has 0 saturated carbocycles. The minimum absolute atomic E-state index is 0.251. The summed E-state index contributed by atoms with van der Waals surface area (Å²) in [7, 11) is 0. The van der Waals surface area contributed by atoms with Crippen molar-refractivity contribution in [1.29, 1.82) is 0 Å². The Kier molecular flexibility index (Phi) is 5.24. The van der Waals surface area contributed by atoms with Crippen molar-refractivity contribution in [2.24, 2.45) is 0 Å². The highest BCUT2D eigenvalue weighted by Crippen LogP contribution is 2.34. The summed E-state index contributed by atoms with van der Waals surface area (Å²) in [5.41, 5.74) is 4.26. The first kappa shape index (κ1) is 18.1. The Morgan fingerprint density at radius 2 is 1.81 bits per heavy atom. The van der Waals surface area contributed by atoms with E-state index in [-0.39, 0.29) is 5.82 Å². The lowest BCUT2D eigenvalue weighted by Crippen LogP contribution is -1.97. The van der Waals surface area contributed by atoms with Gasteiger partial charge in [-0.05, 0) is 30.7 Å². The van der Waals surface area contributed by atoms with E-state index in [9.17, 15) is 4.39 Å². The van der Waals surface area contributed by atoms with E-state index in [1.165, 1.54) is 28.1 Å². The van der Waals surface area contributed by atoms with E-state index >= 15 is 0 Å². The summed E-state index contributed by atoms with van der Waals surface area (Å²) in [4.78, 5) is 1.14. The fraction of sp³-hybridized carbons (Fsp3) is 0.130. The van der Waals surface area contributed by atoms with Crippen molar-refractivity contribution in [2.75, 3.05) is 0 Å². The molecule has 0 atom stereocenters. The average molecular weight is 396 g/mol. The molecule has 0 radical (unpaired) electrons. The van der Waals surface area contributed by atoms with Gasteiger partial charge in [0.1, 0.15) is 5.82 Å². The topological polar surface area (TPSA) is 4.93 Å². The molecule has 4 rings (SSSR count). The van der Waals surface area contributed by atoms with Crippen molar-refractivity contribution in [3.63, 3.8) is 0 Å². The fourth-order valence-electron chi connectivity index (χ4n) is 3.29. The third-order valence-electron chi connectivity index (χ3n) is 4.62. The molecule has 27 heavy (non-hydrogen) atoms. The number of aryl methyl sites for hydroxylation is 1. The number of hydrogen-bond acceptors (Lipinski definition) is 1. The van der Waals surface area contributed by atoms with Crippen LogP contribution in [0.3, 0.4) is 0 Å². The van der Waals surface area contributed by atoms with Crippen LogP contribution in [-0.4, -0.2) is 4.57 Å². The number of para-hydroxylation sites is 1. The molecular formula is C23H19ClFNS. The standard InChI is InChI=1S/C23H19ClFNS/c1-16-6-4-7-17(12-16)13-26-14-23(18-8-2-3-11-22(18)26)27-15-19-20(24)9-5-10-21(19)25/h2-12,14H,13,15H2,1H3. The van der Waals surface area contributed by atoms with Crippen LogP contribution in [0.4, 0.5) is 4.39 Å². The number of aromatic nitrogens is 1. The second-order valence-corrected chi connectivity index (χ2v) is 8.04. The lowest BCUT2D eigenvalue weighted by Gasteiger charge is -2.06. The van der Waals surface area contributed by atoms with Crippen molar-refractivity contribution in [1.82, 2.24) is 4.57 Å². The Bertz CT molecular complexity index is 1080. The van der Waals surface area contributed by atoms with E-state index in [0.717, 1.165) is 11.4 Å². The smallest absolute Gasteiger partial charge is 0.128 e. The van der Waals surface area contributed by atoms with Crippen molar-refractivity contribution < 1.29 is 4.39 Å². The fourth-order valence-corrected chi connectivity index (χ4v) is 4.72. The Morgan fingerprint density at radius 3 is 2.63 bits per heavy atom. The molecule has 0 spiro atoms. The average Bonchev–Trinajstić information content (AvgIpc) is 2.99. The van der Waals surface area contributed by atoms with Crippen molar-refractivity contribution >= 4 is 34.3 Å². The van der Waals surface area contributed by atoms with Gasteiger partial charge in [-0.2, -0.15) is 0 Å². The van der Waals surface area contributed by atoms with Gasteiger partial charge in [-0.15, -0.1) is 11.8 Å². The predicted octanol–water partition coefficient (Wildman–Crippen LogP) is 7.08. The summed E-state index contributed by atoms with van der Waals surface area (Å²) in [5.74, 6) is 0.253.